The molecule has 0 atom stereocenters. The molecule has 0 bridgehead atoms. The molecular formula is C16H13N7O2S3. The van der Waals surface area contributed by atoms with Crippen LogP contribution in [-0.4, -0.2) is 28.4 Å². The van der Waals surface area contributed by atoms with Crippen LogP contribution in [0.2, 0.25) is 0 Å². The van der Waals surface area contributed by atoms with Gasteiger partial charge in [0, 0.05) is 10.6 Å². The molecule has 0 spiro atoms. The van der Waals surface area contributed by atoms with Crippen molar-refractivity contribution >= 4 is 55.9 Å². The fourth-order valence-corrected chi connectivity index (χ4v) is 4.53. The summed E-state index contributed by atoms with van der Waals surface area (Å²) in [7, 11) is -3.74. The maximum atomic E-state index is 11.3. The molecule has 142 valence electrons. The summed E-state index contributed by atoms with van der Waals surface area (Å²) in [5, 5.41) is 16.0. The Labute approximate surface area is 168 Å². The molecule has 0 aliphatic heterocycles. The van der Waals surface area contributed by atoms with Gasteiger partial charge in [-0.2, -0.15) is 4.98 Å². The standard InChI is InChI=1S/C16H13N7O2S3/c17-28(24,25)12-5-3-10(4-6-12)22-23-16-20-13-14(21-16)18-9-19-15(13)27-8-11-2-1-7-26-11/h1-7,9H,8H2,(H2,17,24,25)(H,18,19,20,21). The van der Waals surface area contributed by atoms with Gasteiger partial charge in [0.2, 0.25) is 16.0 Å². The highest BCUT2D eigenvalue weighted by Gasteiger charge is 2.11. The quantitative estimate of drug-likeness (QED) is 0.271. The van der Waals surface area contributed by atoms with Crippen LogP contribution in [0.1, 0.15) is 4.88 Å². The Balaban J connectivity index is 1.54. The molecule has 3 heterocycles. The molecule has 0 saturated heterocycles. The number of azo groups is 1. The van der Waals surface area contributed by atoms with Gasteiger partial charge >= 0.3 is 0 Å². The van der Waals surface area contributed by atoms with E-state index in [-0.39, 0.29) is 10.8 Å². The van der Waals surface area contributed by atoms with Crippen LogP contribution in [0.5, 0.6) is 0 Å². The molecule has 0 amide bonds. The van der Waals surface area contributed by atoms with Crippen LogP contribution in [0.4, 0.5) is 11.6 Å². The van der Waals surface area contributed by atoms with E-state index in [1.54, 1.807) is 23.1 Å². The van der Waals surface area contributed by atoms with Gasteiger partial charge in [-0.25, -0.2) is 23.5 Å². The number of hydrogen-bond acceptors (Lipinski definition) is 9. The molecule has 4 aromatic rings. The van der Waals surface area contributed by atoms with Gasteiger partial charge in [-0.05, 0) is 35.7 Å². The Morgan fingerprint density at radius 2 is 1.96 bits per heavy atom. The van der Waals surface area contributed by atoms with Gasteiger partial charge in [0.15, 0.2) is 5.65 Å². The topological polar surface area (TPSA) is 139 Å². The lowest BCUT2D eigenvalue weighted by Crippen LogP contribution is -2.11. The number of fused-ring (bicyclic) bond motifs is 1. The van der Waals surface area contributed by atoms with Gasteiger partial charge in [-0.3, -0.25) is 0 Å². The van der Waals surface area contributed by atoms with E-state index < -0.39 is 10.0 Å². The average Bonchev–Trinajstić information content (AvgIpc) is 3.34. The first-order chi connectivity index (χ1) is 13.5. The first-order valence-electron chi connectivity index (χ1n) is 7.89. The van der Waals surface area contributed by atoms with Crippen LogP contribution < -0.4 is 5.14 Å². The maximum Gasteiger partial charge on any atom is 0.249 e. The summed E-state index contributed by atoms with van der Waals surface area (Å²) >= 11 is 3.28. The number of nitrogens with one attached hydrogen (secondary N) is 1. The minimum Gasteiger partial charge on any atom is -0.317 e. The molecule has 9 nitrogen and oxygen atoms in total. The van der Waals surface area contributed by atoms with Crippen molar-refractivity contribution in [3.05, 3.63) is 53.0 Å². The van der Waals surface area contributed by atoms with Crippen molar-refractivity contribution in [1.82, 2.24) is 19.9 Å². The number of aromatic amines is 1. The van der Waals surface area contributed by atoms with Gasteiger partial charge in [0.25, 0.3) is 0 Å². The monoisotopic (exact) mass is 431 g/mol. The first kappa shape index (κ1) is 18.7. The minimum atomic E-state index is -3.74. The van der Waals surface area contributed by atoms with Gasteiger partial charge in [-0.15, -0.1) is 21.6 Å². The van der Waals surface area contributed by atoms with Crippen LogP contribution in [0, 0.1) is 0 Å². The number of hydrogen-bond donors (Lipinski definition) is 2. The highest BCUT2D eigenvalue weighted by molar-refractivity contribution is 7.98. The van der Waals surface area contributed by atoms with Gasteiger partial charge < -0.3 is 4.98 Å². The fourth-order valence-electron chi connectivity index (χ4n) is 2.29. The zero-order chi connectivity index (χ0) is 19.6. The molecule has 0 unspecified atom stereocenters. The van der Waals surface area contributed by atoms with Gasteiger partial charge in [0.05, 0.1) is 10.6 Å². The molecule has 12 heteroatoms. The molecule has 28 heavy (non-hydrogen) atoms. The molecule has 0 aliphatic rings. The van der Waals surface area contributed by atoms with Crippen molar-refractivity contribution in [1.29, 1.82) is 0 Å². The van der Waals surface area contributed by atoms with Crippen molar-refractivity contribution in [2.24, 2.45) is 15.4 Å². The van der Waals surface area contributed by atoms with E-state index in [0.29, 0.717) is 16.9 Å². The van der Waals surface area contributed by atoms with Crippen molar-refractivity contribution in [2.45, 2.75) is 15.7 Å². The Morgan fingerprint density at radius 3 is 2.68 bits per heavy atom. The second-order valence-corrected chi connectivity index (χ2v) is 9.10. The van der Waals surface area contributed by atoms with Crippen LogP contribution in [0.3, 0.4) is 0 Å². The third-order valence-corrected chi connectivity index (χ3v) is 6.62. The molecule has 3 N–H and O–H groups in total. The van der Waals surface area contributed by atoms with Crippen molar-refractivity contribution < 1.29 is 8.42 Å². The van der Waals surface area contributed by atoms with Crippen molar-refractivity contribution in [3.8, 4) is 0 Å². The lowest BCUT2D eigenvalue weighted by atomic mass is 10.3. The number of rotatable bonds is 6. The third-order valence-electron chi connectivity index (χ3n) is 3.60. The summed E-state index contributed by atoms with van der Waals surface area (Å²) in [6, 6.07) is 9.84. The fraction of sp³-hybridized carbons (Fsp3) is 0.0625. The van der Waals surface area contributed by atoms with Gasteiger partial charge in [0.1, 0.15) is 16.9 Å². The molecule has 0 radical (unpaired) electrons. The zero-order valence-electron chi connectivity index (χ0n) is 14.2. The highest BCUT2D eigenvalue weighted by Crippen LogP contribution is 2.29. The van der Waals surface area contributed by atoms with E-state index >= 15 is 0 Å². The summed E-state index contributed by atoms with van der Waals surface area (Å²) in [5.74, 6) is 1.08. The molecule has 4 rings (SSSR count). The number of nitrogens with two attached hydrogens (primary N) is 1. The predicted octanol–water partition coefficient (Wildman–Crippen LogP) is 3.77. The molecule has 3 aromatic heterocycles. The summed E-state index contributed by atoms with van der Waals surface area (Å²) in [4.78, 5) is 17.1. The molecular weight excluding hydrogens is 418 g/mol. The van der Waals surface area contributed by atoms with Crippen LogP contribution in [0.25, 0.3) is 11.2 Å². The second kappa shape index (κ2) is 7.75. The number of aromatic nitrogens is 4. The molecule has 0 fully saturated rings. The number of thiophene rings is 1. The largest absolute Gasteiger partial charge is 0.317 e. The third kappa shape index (κ3) is 4.25. The van der Waals surface area contributed by atoms with E-state index in [9.17, 15) is 8.42 Å². The maximum absolute atomic E-state index is 11.3. The number of benzene rings is 1. The predicted molar refractivity (Wildman–Crippen MR) is 108 cm³/mol. The highest BCUT2D eigenvalue weighted by atomic mass is 32.2. The number of thioether (sulfide) groups is 1. The number of sulfonamides is 1. The normalized spacial score (nSPS) is 12.2. The first-order valence-corrected chi connectivity index (χ1v) is 11.3. The Hall–Kier alpha value is -2.67. The molecule has 1 aromatic carbocycles. The molecule has 0 saturated carbocycles. The minimum absolute atomic E-state index is 0.0119. The van der Waals surface area contributed by atoms with Crippen LogP contribution in [0.15, 0.2) is 68.3 Å². The Morgan fingerprint density at radius 1 is 1.14 bits per heavy atom. The lowest BCUT2D eigenvalue weighted by molar-refractivity contribution is 0.598. The smallest absolute Gasteiger partial charge is 0.249 e. The zero-order valence-corrected chi connectivity index (χ0v) is 16.6. The van der Waals surface area contributed by atoms with Crippen LogP contribution >= 0.6 is 23.1 Å². The number of H-pyrrole nitrogens is 1. The number of nitrogens with zero attached hydrogens (tertiary/aromatic N) is 5. The summed E-state index contributed by atoms with van der Waals surface area (Å²) in [5.41, 5.74) is 1.66. The SMILES string of the molecule is NS(=O)(=O)c1ccc(N=Nc2nc3ncnc(SCc4cccs4)c3[nH]2)cc1. The summed E-state index contributed by atoms with van der Waals surface area (Å²) in [6.07, 6.45) is 1.47. The van der Waals surface area contributed by atoms with E-state index in [1.165, 1.54) is 35.5 Å². The van der Waals surface area contributed by atoms with Crippen molar-refractivity contribution in [2.75, 3.05) is 0 Å². The van der Waals surface area contributed by atoms with E-state index in [0.717, 1.165) is 10.8 Å². The Bertz CT molecular complexity index is 1230. The summed E-state index contributed by atoms with van der Waals surface area (Å²) < 4.78 is 22.6. The Kier molecular flexibility index (Phi) is 5.17. The van der Waals surface area contributed by atoms with E-state index in [1.807, 2.05) is 11.4 Å². The lowest BCUT2D eigenvalue weighted by Gasteiger charge is -1.99. The summed E-state index contributed by atoms with van der Waals surface area (Å²) in [6.45, 7) is 0. The second-order valence-electron chi connectivity index (χ2n) is 5.54. The van der Waals surface area contributed by atoms with Crippen molar-refractivity contribution in [3.63, 3.8) is 0 Å². The van der Waals surface area contributed by atoms with E-state index in [4.69, 9.17) is 5.14 Å². The number of imidazole rings is 1. The average molecular weight is 432 g/mol. The van der Waals surface area contributed by atoms with E-state index in [2.05, 4.69) is 36.2 Å². The molecule has 0 aliphatic carbocycles. The van der Waals surface area contributed by atoms with Crippen LogP contribution in [-0.2, 0) is 15.8 Å². The number of primary sulfonamides is 1. The van der Waals surface area contributed by atoms with Gasteiger partial charge in [-0.1, -0.05) is 17.8 Å².